The second-order valence-electron chi connectivity index (χ2n) is 7.89. The third-order valence-corrected chi connectivity index (χ3v) is 4.91. The molecule has 32 heavy (non-hydrogen) atoms. The van der Waals surface area contributed by atoms with Gasteiger partial charge in [0.05, 0.1) is 11.3 Å². The lowest BCUT2D eigenvalue weighted by Crippen LogP contribution is -2.25. The fourth-order valence-corrected chi connectivity index (χ4v) is 2.99. The number of carbonyl (C=O) groups is 3. The van der Waals surface area contributed by atoms with E-state index >= 15 is 0 Å². The molecule has 0 unspecified atom stereocenters. The van der Waals surface area contributed by atoms with Crippen LogP contribution in [0.4, 0.5) is 11.4 Å². The van der Waals surface area contributed by atoms with Crippen LogP contribution in [0, 0.1) is 12.8 Å². The number of carbonyl (C=O) groups excluding carboxylic acids is 3. The number of amides is 3. The summed E-state index contributed by atoms with van der Waals surface area (Å²) in [6, 6.07) is 21.5. The zero-order chi connectivity index (χ0) is 23.1. The van der Waals surface area contributed by atoms with Gasteiger partial charge in [0.1, 0.15) is 0 Å². The number of rotatable bonds is 7. The van der Waals surface area contributed by atoms with Crippen molar-refractivity contribution in [2.75, 3.05) is 10.6 Å². The van der Waals surface area contributed by atoms with Gasteiger partial charge in [0.2, 0.25) is 5.91 Å². The molecule has 0 saturated carbocycles. The van der Waals surface area contributed by atoms with Gasteiger partial charge in [-0.15, -0.1) is 0 Å². The highest BCUT2D eigenvalue weighted by Gasteiger charge is 2.15. The number of hydrogen-bond donors (Lipinski definition) is 3. The topological polar surface area (TPSA) is 87.3 Å². The molecule has 0 aliphatic carbocycles. The molecule has 3 amide bonds. The summed E-state index contributed by atoms with van der Waals surface area (Å²) in [6.07, 6.45) is 0. The molecule has 0 fully saturated rings. The number of benzene rings is 3. The number of aryl methyl sites for hydroxylation is 1. The molecule has 0 spiro atoms. The Labute approximate surface area is 188 Å². The molecule has 0 atom stereocenters. The number of para-hydroxylation sites is 1. The molecule has 0 aromatic heterocycles. The summed E-state index contributed by atoms with van der Waals surface area (Å²) in [5, 5.41) is 8.48. The highest BCUT2D eigenvalue weighted by atomic mass is 16.2. The van der Waals surface area contributed by atoms with Gasteiger partial charge >= 0.3 is 0 Å². The fraction of sp³-hybridized carbons (Fsp3) is 0.192. The van der Waals surface area contributed by atoms with E-state index in [0.29, 0.717) is 29.0 Å². The van der Waals surface area contributed by atoms with Gasteiger partial charge in [-0.05, 0) is 42.8 Å². The molecule has 3 rings (SSSR count). The van der Waals surface area contributed by atoms with Crippen LogP contribution in [0.15, 0.2) is 72.8 Å². The summed E-state index contributed by atoms with van der Waals surface area (Å²) < 4.78 is 0. The highest BCUT2D eigenvalue weighted by molar-refractivity contribution is 6.09. The Hall–Kier alpha value is -3.93. The molecule has 164 valence electrons. The minimum absolute atomic E-state index is 0.127. The zero-order valence-corrected chi connectivity index (χ0v) is 18.4. The standard InChI is InChI=1S/C26H27N3O3/c1-17(2)24(30)28-21-8-6-7-20(15-21)25(31)29-23-10-5-4-9-22(23)26(32)27-16-19-13-11-18(3)12-14-19/h4-15,17H,16H2,1-3H3,(H,27,32)(H,28,30)(H,29,31). The second-order valence-corrected chi connectivity index (χ2v) is 7.89. The van der Waals surface area contributed by atoms with Gasteiger partial charge in [0, 0.05) is 23.7 Å². The summed E-state index contributed by atoms with van der Waals surface area (Å²) >= 11 is 0. The van der Waals surface area contributed by atoms with Crippen LogP contribution in [-0.2, 0) is 11.3 Å². The zero-order valence-electron chi connectivity index (χ0n) is 18.4. The molecule has 0 radical (unpaired) electrons. The van der Waals surface area contributed by atoms with E-state index in [1.165, 1.54) is 0 Å². The first-order valence-corrected chi connectivity index (χ1v) is 10.5. The van der Waals surface area contributed by atoms with Crippen molar-refractivity contribution in [1.29, 1.82) is 0 Å². The van der Waals surface area contributed by atoms with Crippen LogP contribution < -0.4 is 16.0 Å². The average Bonchev–Trinajstić information content (AvgIpc) is 2.79. The van der Waals surface area contributed by atoms with Crippen molar-refractivity contribution >= 4 is 29.1 Å². The van der Waals surface area contributed by atoms with E-state index in [2.05, 4.69) is 16.0 Å². The van der Waals surface area contributed by atoms with Crippen molar-refractivity contribution in [2.24, 2.45) is 5.92 Å². The molecular formula is C26H27N3O3. The van der Waals surface area contributed by atoms with E-state index < -0.39 is 0 Å². The van der Waals surface area contributed by atoms with Crippen LogP contribution in [0.5, 0.6) is 0 Å². The highest BCUT2D eigenvalue weighted by Crippen LogP contribution is 2.18. The van der Waals surface area contributed by atoms with Crippen molar-refractivity contribution in [1.82, 2.24) is 5.32 Å². The summed E-state index contributed by atoms with van der Waals surface area (Å²) in [4.78, 5) is 37.5. The largest absolute Gasteiger partial charge is 0.348 e. The van der Waals surface area contributed by atoms with Gasteiger partial charge in [-0.3, -0.25) is 14.4 Å². The minimum atomic E-state index is -0.371. The smallest absolute Gasteiger partial charge is 0.255 e. The van der Waals surface area contributed by atoms with E-state index in [0.717, 1.165) is 11.1 Å². The van der Waals surface area contributed by atoms with Crippen molar-refractivity contribution in [3.05, 3.63) is 95.1 Å². The third-order valence-electron chi connectivity index (χ3n) is 4.91. The van der Waals surface area contributed by atoms with Crippen molar-refractivity contribution in [3.8, 4) is 0 Å². The lowest BCUT2D eigenvalue weighted by atomic mass is 10.1. The van der Waals surface area contributed by atoms with Crippen LogP contribution in [-0.4, -0.2) is 17.7 Å². The van der Waals surface area contributed by atoms with Crippen LogP contribution >= 0.6 is 0 Å². The van der Waals surface area contributed by atoms with Gasteiger partial charge in [0.25, 0.3) is 11.8 Å². The maximum Gasteiger partial charge on any atom is 0.255 e. The fourth-order valence-electron chi connectivity index (χ4n) is 2.99. The monoisotopic (exact) mass is 429 g/mol. The Morgan fingerprint density at radius 2 is 1.53 bits per heavy atom. The van der Waals surface area contributed by atoms with Gasteiger partial charge in [0.15, 0.2) is 0 Å². The van der Waals surface area contributed by atoms with Crippen molar-refractivity contribution in [3.63, 3.8) is 0 Å². The molecule has 3 aromatic rings. The first-order chi connectivity index (χ1) is 15.3. The molecule has 6 nitrogen and oxygen atoms in total. The summed E-state index contributed by atoms with van der Waals surface area (Å²) in [5.74, 6) is -0.945. The Bertz CT molecular complexity index is 1120. The molecule has 3 aromatic carbocycles. The van der Waals surface area contributed by atoms with Crippen LogP contribution in [0.25, 0.3) is 0 Å². The normalized spacial score (nSPS) is 10.5. The number of anilines is 2. The summed E-state index contributed by atoms with van der Waals surface area (Å²) in [6.45, 7) is 5.99. The molecule has 0 aliphatic heterocycles. The first-order valence-electron chi connectivity index (χ1n) is 10.5. The molecular weight excluding hydrogens is 402 g/mol. The van der Waals surface area contributed by atoms with Gasteiger partial charge in [-0.2, -0.15) is 0 Å². The van der Waals surface area contributed by atoms with Crippen LogP contribution in [0.2, 0.25) is 0 Å². The SMILES string of the molecule is Cc1ccc(CNC(=O)c2ccccc2NC(=O)c2cccc(NC(=O)C(C)C)c2)cc1. The molecule has 0 heterocycles. The lowest BCUT2D eigenvalue weighted by Gasteiger charge is -2.13. The van der Waals surface area contributed by atoms with Gasteiger partial charge in [-0.25, -0.2) is 0 Å². The average molecular weight is 430 g/mol. The molecule has 3 N–H and O–H groups in total. The molecule has 0 bridgehead atoms. The third kappa shape index (κ3) is 6.04. The quantitative estimate of drug-likeness (QED) is 0.505. The maximum atomic E-state index is 12.8. The number of nitrogens with one attached hydrogen (secondary N) is 3. The van der Waals surface area contributed by atoms with Crippen LogP contribution in [0.1, 0.15) is 45.7 Å². The minimum Gasteiger partial charge on any atom is -0.348 e. The second kappa shape index (κ2) is 10.4. The summed E-state index contributed by atoms with van der Waals surface area (Å²) in [7, 11) is 0. The molecule has 0 aliphatic rings. The summed E-state index contributed by atoms with van der Waals surface area (Å²) in [5.41, 5.74) is 3.85. The molecule has 0 saturated heterocycles. The predicted octanol–water partition coefficient (Wildman–Crippen LogP) is 4.77. The van der Waals surface area contributed by atoms with E-state index in [9.17, 15) is 14.4 Å². The Balaban J connectivity index is 1.70. The Morgan fingerprint density at radius 1 is 0.812 bits per heavy atom. The van der Waals surface area contributed by atoms with Crippen LogP contribution in [0.3, 0.4) is 0 Å². The predicted molar refractivity (Wildman–Crippen MR) is 127 cm³/mol. The lowest BCUT2D eigenvalue weighted by molar-refractivity contribution is -0.118. The Morgan fingerprint density at radius 3 is 2.25 bits per heavy atom. The number of hydrogen-bond acceptors (Lipinski definition) is 3. The van der Waals surface area contributed by atoms with Gasteiger partial charge in [-0.1, -0.05) is 61.9 Å². The van der Waals surface area contributed by atoms with E-state index in [1.807, 2.05) is 31.2 Å². The van der Waals surface area contributed by atoms with Gasteiger partial charge < -0.3 is 16.0 Å². The van der Waals surface area contributed by atoms with E-state index in [4.69, 9.17) is 0 Å². The molecule has 6 heteroatoms. The van der Waals surface area contributed by atoms with E-state index in [1.54, 1.807) is 62.4 Å². The maximum absolute atomic E-state index is 12.8. The van der Waals surface area contributed by atoms with E-state index in [-0.39, 0.29) is 23.6 Å². The van der Waals surface area contributed by atoms with Crippen molar-refractivity contribution < 1.29 is 14.4 Å². The Kier molecular flexibility index (Phi) is 7.39. The first kappa shape index (κ1) is 22.7. The van der Waals surface area contributed by atoms with Crippen molar-refractivity contribution in [2.45, 2.75) is 27.3 Å².